The molecule has 0 spiro atoms. The van der Waals surface area contributed by atoms with Gasteiger partial charge in [0.1, 0.15) is 0 Å². The van der Waals surface area contributed by atoms with E-state index in [2.05, 4.69) is 0 Å². The van der Waals surface area contributed by atoms with Crippen LogP contribution in [0.25, 0.3) is 0 Å². The third-order valence-corrected chi connectivity index (χ3v) is 2.84. The summed E-state index contributed by atoms with van der Waals surface area (Å²) in [5.74, 6) is -4.57. The summed E-state index contributed by atoms with van der Waals surface area (Å²) in [6, 6.07) is 1.34. The second kappa shape index (κ2) is 7.80. The van der Waals surface area contributed by atoms with Crippen molar-refractivity contribution in [3.05, 3.63) is 35.1 Å². The molecular formula is C13H15F6NO2. The zero-order chi connectivity index (χ0) is 16.9. The molecule has 0 fully saturated rings. The van der Waals surface area contributed by atoms with Gasteiger partial charge in [0.15, 0.2) is 17.5 Å². The third-order valence-electron chi connectivity index (χ3n) is 2.84. The molecule has 0 heterocycles. The van der Waals surface area contributed by atoms with Gasteiger partial charge in [0.2, 0.25) is 0 Å². The average molecular weight is 331 g/mol. The standard InChI is InChI=1S/C13H15F6NO2/c14-10-3-8(4-11(15)12(10)16)5-20(6-9(22)7-21)2-1-13(17,18)19/h3-4,9,21-22H,1-2,5-7H2/t9-/m0/s1. The summed E-state index contributed by atoms with van der Waals surface area (Å²) in [5, 5.41) is 18.0. The molecule has 0 amide bonds. The van der Waals surface area contributed by atoms with E-state index in [4.69, 9.17) is 5.11 Å². The van der Waals surface area contributed by atoms with E-state index in [-0.39, 0.29) is 18.7 Å². The number of nitrogens with zero attached hydrogens (tertiary/aromatic N) is 1. The van der Waals surface area contributed by atoms with Crippen molar-refractivity contribution < 1.29 is 36.6 Å². The number of halogens is 6. The first-order valence-electron chi connectivity index (χ1n) is 6.34. The van der Waals surface area contributed by atoms with E-state index >= 15 is 0 Å². The summed E-state index contributed by atoms with van der Waals surface area (Å²) < 4.78 is 75.8. The van der Waals surface area contributed by atoms with Gasteiger partial charge in [-0.15, -0.1) is 0 Å². The molecule has 0 aliphatic rings. The molecule has 0 aliphatic heterocycles. The van der Waals surface area contributed by atoms with Gasteiger partial charge in [-0.2, -0.15) is 13.2 Å². The molecule has 0 saturated carbocycles. The molecule has 1 aromatic rings. The molecule has 0 bridgehead atoms. The van der Waals surface area contributed by atoms with E-state index in [1.54, 1.807) is 0 Å². The van der Waals surface area contributed by atoms with E-state index in [0.29, 0.717) is 12.1 Å². The van der Waals surface area contributed by atoms with Crippen LogP contribution in [-0.2, 0) is 6.54 Å². The van der Waals surface area contributed by atoms with E-state index in [1.165, 1.54) is 0 Å². The molecule has 0 aromatic heterocycles. The minimum absolute atomic E-state index is 0.0799. The predicted molar refractivity (Wildman–Crippen MR) is 65.4 cm³/mol. The highest BCUT2D eigenvalue weighted by atomic mass is 19.4. The second-order valence-corrected chi connectivity index (χ2v) is 4.81. The van der Waals surface area contributed by atoms with Crippen LogP contribution in [0.5, 0.6) is 0 Å². The van der Waals surface area contributed by atoms with Gasteiger partial charge in [-0.1, -0.05) is 0 Å². The Balaban J connectivity index is 2.82. The Morgan fingerprint density at radius 2 is 1.64 bits per heavy atom. The third kappa shape index (κ3) is 6.20. The van der Waals surface area contributed by atoms with Gasteiger partial charge in [-0.25, -0.2) is 13.2 Å². The summed E-state index contributed by atoms with van der Waals surface area (Å²) >= 11 is 0. The lowest BCUT2D eigenvalue weighted by Gasteiger charge is -2.25. The maximum Gasteiger partial charge on any atom is 0.390 e. The number of hydrogen-bond donors (Lipinski definition) is 2. The van der Waals surface area contributed by atoms with Gasteiger partial charge in [0.05, 0.1) is 19.1 Å². The lowest BCUT2D eigenvalue weighted by atomic mass is 10.1. The molecule has 126 valence electrons. The van der Waals surface area contributed by atoms with Crippen molar-refractivity contribution >= 4 is 0 Å². The monoisotopic (exact) mass is 331 g/mol. The quantitative estimate of drug-likeness (QED) is 0.595. The zero-order valence-electron chi connectivity index (χ0n) is 11.4. The number of rotatable bonds is 7. The number of hydrogen-bond acceptors (Lipinski definition) is 3. The maximum atomic E-state index is 13.1. The summed E-state index contributed by atoms with van der Waals surface area (Å²) in [5.41, 5.74) is -0.0799. The molecule has 0 saturated heterocycles. The molecule has 22 heavy (non-hydrogen) atoms. The van der Waals surface area contributed by atoms with Gasteiger partial charge in [0.25, 0.3) is 0 Å². The highest BCUT2D eigenvalue weighted by molar-refractivity contribution is 5.19. The van der Waals surface area contributed by atoms with Gasteiger partial charge in [-0.3, -0.25) is 4.90 Å². The average Bonchev–Trinajstić information content (AvgIpc) is 2.41. The van der Waals surface area contributed by atoms with Crippen LogP contribution < -0.4 is 0 Å². The summed E-state index contributed by atoms with van der Waals surface area (Å²) in [6.07, 6.45) is -6.94. The van der Waals surface area contributed by atoms with Gasteiger partial charge in [-0.05, 0) is 17.7 Å². The zero-order valence-corrected chi connectivity index (χ0v) is 11.4. The summed E-state index contributed by atoms with van der Waals surface area (Å²) in [4.78, 5) is 1.07. The number of aliphatic hydroxyl groups is 2. The molecule has 1 rings (SSSR count). The first-order chi connectivity index (χ1) is 10.1. The predicted octanol–water partition coefficient (Wildman–Crippen LogP) is 2.21. The van der Waals surface area contributed by atoms with Crippen molar-refractivity contribution in [3.63, 3.8) is 0 Å². The van der Waals surface area contributed by atoms with E-state index < -0.39 is 49.3 Å². The molecule has 0 aliphatic carbocycles. The fourth-order valence-electron chi connectivity index (χ4n) is 1.83. The largest absolute Gasteiger partial charge is 0.394 e. The molecular weight excluding hydrogens is 316 g/mol. The van der Waals surface area contributed by atoms with Crippen LogP contribution in [0.2, 0.25) is 0 Å². The lowest BCUT2D eigenvalue weighted by molar-refractivity contribution is -0.139. The van der Waals surface area contributed by atoms with Crippen LogP contribution in [-0.4, -0.2) is 47.1 Å². The molecule has 9 heteroatoms. The van der Waals surface area contributed by atoms with Gasteiger partial charge in [0, 0.05) is 19.6 Å². The Kier molecular flexibility index (Phi) is 6.64. The minimum Gasteiger partial charge on any atom is -0.394 e. The minimum atomic E-state index is -4.44. The normalized spacial score (nSPS) is 13.7. The van der Waals surface area contributed by atoms with Crippen molar-refractivity contribution in [3.8, 4) is 0 Å². The summed E-state index contributed by atoms with van der Waals surface area (Å²) in [6.45, 7) is -1.87. The van der Waals surface area contributed by atoms with Crippen molar-refractivity contribution in [1.29, 1.82) is 0 Å². The second-order valence-electron chi connectivity index (χ2n) is 4.81. The Labute approximate surface area is 122 Å². The fourth-order valence-corrected chi connectivity index (χ4v) is 1.83. The van der Waals surface area contributed by atoms with Gasteiger partial charge >= 0.3 is 6.18 Å². The van der Waals surface area contributed by atoms with E-state index in [0.717, 1.165) is 4.90 Å². The van der Waals surface area contributed by atoms with Crippen molar-refractivity contribution in [1.82, 2.24) is 4.90 Å². The molecule has 3 nitrogen and oxygen atoms in total. The molecule has 1 aromatic carbocycles. The Hall–Kier alpha value is -1.32. The fraction of sp³-hybridized carbons (Fsp3) is 0.538. The molecule has 0 radical (unpaired) electrons. The maximum absolute atomic E-state index is 13.1. The van der Waals surface area contributed by atoms with Crippen LogP contribution >= 0.6 is 0 Å². The number of aliphatic hydroxyl groups excluding tert-OH is 2. The van der Waals surface area contributed by atoms with Crippen LogP contribution in [0.3, 0.4) is 0 Å². The van der Waals surface area contributed by atoms with Crippen LogP contribution in [0, 0.1) is 17.5 Å². The lowest BCUT2D eigenvalue weighted by Crippen LogP contribution is -2.36. The van der Waals surface area contributed by atoms with Crippen LogP contribution in [0.4, 0.5) is 26.3 Å². The highest BCUT2D eigenvalue weighted by Crippen LogP contribution is 2.21. The number of alkyl halides is 3. The number of benzene rings is 1. The Morgan fingerprint density at radius 1 is 1.09 bits per heavy atom. The Morgan fingerprint density at radius 3 is 2.09 bits per heavy atom. The molecule has 2 N–H and O–H groups in total. The van der Waals surface area contributed by atoms with E-state index in [1.807, 2.05) is 0 Å². The highest BCUT2D eigenvalue weighted by Gasteiger charge is 2.28. The van der Waals surface area contributed by atoms with Crippen LogP contribution in [0.1, 0.15) is 12.0 Å². The van der Waals surface area contributed by atoms with Crippen molar-refractivity contribution in [2.75, 3.05) is 19.7 Å². The molecule has 1 atom stereocenters. The van der Waals surface area contributed by atoms with Gasteiger partial charge < -0.3 is 10.2 Å². The first kappa shape index (κ1) is 18.7. The Bertz CT molecular complexity index is 471. The summed E-state index contributed by atoms with van der Waals surface area (Å²) in [7, 11) is 0. The smallest absolute Gasteiger partial charge is 0.390 e. The van der Waals surface area contributed by atoms with Crippen molar-refractivity contribution in [2.24, 2.45) is 0 Å². The topological polar surface area (TPSA) is 43.7 Å². The van der Waals surface area contributed by atoms with Crippen LogP contribution in [0.15, 0.2) is 12.1 Å². The first-order valence-corrected chi connectivity index (χ1v) is 6.34. The van der Waals surface area contributed by atoms with Crippen molar-refractivity contribution in [2.45, 2.75) is 25.2 Å². The van der Waals surface area contributed by atoms with E-state index in [9.17, 15) is 31.4 Å². The SMILES string of the molecule is OC[C@@H](O)CN(CCC(F)(F)F)Cc1cc(F)c(F)c(F)c1. The molecule has 0 unspecified atom stereocenters.